The van der Waals surface area contributed by atoms with Gasteiger partial charge in [-0.15, -0.1) is 0 Å². The van der Waals surface area contributed by atoms with Crippen LogP contribution in [-0.4, -0.2) is 58.5 Å². The van der Waals surface area contributed by atoms with Crippen LogP contribution < -0.4 is 0 Å². The normalized spacial score (nSPS) is 15.0. The van der Waals surface area contributed by atoms with Crippen LogP contribution in [0.25, 0.3) is 11.1 Å². The molecule has 0 saturated carbocycles. The molecule has 0 bridgehead atoms. The second-order valence-corrected chi connectivity index (χ2v) is 7.50. The van der Waals surface area contributed by atoms with E-state index in [-0.39, 0.29) is 5.91 Å². The predicted octanol–water partition coefficient (Wildman–Crippen LogP) is 3.29. The van der Waals surface area contributed by atoms with Crippen molar-refractivity contribution in [1.82, 2.24) is 19.4 Å². The minimum atomic E-state index is 0.113. The molecule has 4 rings (SSSR count). The monoisotopic (exact) mass is 374 g/mol. The Balaban J connectivity index is 1.69. The Morgan fingerprint density at radius 1 is 1.00 bits per heavy atom. The van der Waals surface area contributed by atoms with E-state index in [0.29, 0.717) is 6.54 Å². The van der Waals surface area contributed by atoms with E-state index < -0.39 is 0 Å². The molecule has 1 aliphatic rings. The van der Waals surface area contributed by atoms with Crippen molar-refractivity contribution in [2.24, 2.45) is 0 Å². The summed E-state index contributed by atoms with van der Waals surface area (Å²) in [7, 11) is 2.10. The van der Waals surface area contributed by atoms with Crippen LogP contribution in [0, 0.1) is 6.92 Å². The van der Waals surface area contributed by atoms with E-state index >= 15 is 0 Å². The molecule has 1 fully saturated rings. The van der Waals surface area contributed by atoms with Gasteiger partial charge in [-0.3, -0.25) is 9.78 Å². The van der Waals surface area contributed by atoms with Gasteiger partial charge in [0.1, 0.15) is 5.69 Å². The summed E-state index contributed by atoms with van der Waals surface area (Å²) in [6, 6.07) is 14.3. The number of aryl methyl sites for hydroxylation is 1. The maximum Gasteiger partial charge on any atom is 0.270 e. The number of hydrogen-bond donors (Lipinski definition) is 0. The lowest BCUT2D eigenvalue weighted by Gasteiger charge is -2.32. The minimum Gasteiger partial charge on any atom is -0.338 e. The van der Waals surface area contributed by atoms with E-state index in [9.17, 15) is 4.79 Å². The van der Waals surface area contributed by atoms with Crippen molar-refractivity contribution in [3.8, 4) is 11.1 Å². The average molecular weight is 374 g/mol. The van der Waals surface area contributed by atoms with Gasteiger partial charge in [-0.1, -0.05) is 24.3 Å². The number of rotatable bonds is 4. The average Bonchev–Trinajstić information content (AvgIpc) is 3.14. The third-order valence-corrected chi connectivity index (χ3v) is 5.52. The van der Waals surface area contributed by atoms with Crippen molar-refractivity contribution in [3.05, 3.63) is 77.9 Å². The fourth-order valence-corrected chi connectivity index (χ4v) is 3.67. The Morgan fingerprint density at radius 3 is 2.43 bits per heavy atom. The fraction of sp³-hybridized carbons (Fsp3) is 0.304. The van der Waals surface area contributed by atoms with Gasteiger partial charge in [-0.05, 0) is 48.9 Å². The number of nitrogens with zero attached hydrogens (tertiary/aromatic N) is 4. The molecule has 3 aromatic rings. The molecule has 1 aliphatic heterocycles. The number of aromatic nitrogens is 2. The van der Waals surface area contributed by atoms with Crippen LogP contribution in [0.5, 0.6) is 0 Å². The number of piperazine rings is 1. The standard InChI is InChI=1S/C23H26N4O/c1-18-5-3-4-6-20(18)16-27-17-21(19-7-9-24-10-8-19)15-22(27)23(28)26-13-11-25(2)12-14-26/h3-10,15,17H,11-14,16H2,1-2H3. The molecule has 3 heterocycles. The van der Waals surface area contributed by atoms with Crippen LogP contribution in [-0.2, 0) is 6.54 Å². The molecule has 0 N–H and O–H groups in total. The molecule has 1 amide bonds. The second-order valence-electron chi connectivity index (χ2n) is 7.50. The third kappa shape index (κ3) is 3.85. The Kier molecular flexibility index (Phi) is 5.26. The first-order valence-corrected chi connectivity index (χ1v) is 9.75. The quantitative estimate of drug-likeness (QED) is 0.704. The van der Waals surface area contributed by atoms with Crippen LogP contribution >= 0.6 is 0 Å². The van der Waals surface area contributed by atoms with E-state index in [1.165, 1.54) is 11.1 Å². The summed E-state index contributed by atoms with van der Waals surface area (Å²) in [5.74, 6) is 0.113. The summed E-state index contributed by atoms with van der Waals surface area (Å²) >= 11 is 0. The Hall–Kier alpha value is -2.92. The molecule has 2 aromatic heterocycles. The van der Waals surface area contributed by atoms with Crippen molar-refractivity contribution in [1.29, 1.82) is 0 Å². The Labute approximate surface area is 166 Å². The van der Waals surface area contributed by atoms with Crippen molar-refractivity contribution in [2.45, 2.75) is 13.5 Å². The summed E-state index contributed by atoms with van der Waals surface area (Å²) < 4.78 is 2.10. The van der Waals surface area contributed by atoms with Gasteiger partial charge in [0.25, 0.3) is 5.91 Å². The van der Waals surface area contributed by atoms with Gasteiger partial charge in [-0.2, -0.15) is 0 Å². The number of hydrogen-bond acceptors (Lipinski definition) is 3. The van der Waals surface area contributed by atoms with Crippen LogP contribution in [0.4, 0.5) is 0 Å². The number of likely N-dealkylation sites (N-methyl/N-ethyl adjacent to an activating group) is 1. The molecule has 5 nitrogen and oxygen atoms in total. The van der Waals surface area contributed by atoms with E-state index in [2.05, 4.69) is 52.8 Å². The van der Waals surface area contributed by atoms with E-state index in [4.69, 9.17) is 0 Å². The van der Waals surface area contributed by atoms with Gasteiger partial charge in [0.05, 0.1) is 0 Å². The number of benzene rings is 1. The summed E-state index contributed by atoms with van der Waals surface area (Å²) in [5.41, 5.74) is 5.34. The minimum absolute atomic E-state index is 0.113. The molecule has 0 atom stereocenters. The summed E-state index contributed by atoms with van der Waals surface area (Å²) in [6.07, 6.45) is 5.66. The molecular weight excluding hydrogens is 348 g/mol. The van der Waals surface area contributed by atoms with E-state index in [1.807, 2.05) is 29.2 Å². The van der Waals surface area contributed by atoms with Crippen molar-refractivity contribution in [2.75, 3.05) is 33.2 Å². The topological polar surface area (TPSA) is 41.4 Å². The molecular formula is C23H26N4O. The number of pyridine rings is 1. The van der Waals surface area contributed by atoms with Crippen LogP contribution in [0.1, 0.15) is 21.6 Å². The smallest absolute Gasteiger partial charge is 0.270 e. The summed E-state index contributed by atoms with van der Waals surface area (Å²) in [6.45, 7) is 6.19. The highest BCUT2D eigenvalue weighted by Gasteiger charge is 2.24. The maximum atomic E-state index is 13.3. The second kappa shape index (κ2) is 7.98. The summed E-state index contributed by atoms with van der Waals surface area (Å²) in [4.78, 5) is 21.7. The predicted molar refractivity (Wildman–Crippen MR) is 111 cm³/mol. The van der Waals surface area contributed by atoms with E-state index in [1.54, 1.807) is 12.4 Å². The van der Waals surface area contributed by atoms with Crippen LogP contribution in [0.15, 0.2) is 61.1 Å². The van der Waals surface area contributed by atoms with Gasteiger partial charge in [-0.25, -0.2) is 0 Å². The first-order chi connectivity index (χ1) is 13.6. The van der Waals surface area contributed by atoms with Gasteiger partial charge in [0, 0.05) is 56.9 Å². The largest absolute Gasteiger partial charge is 0.338 e. The van der Waals surface area contributed by atoms with Crippen molar-refractivity contribution >= 4 is 5.91 Å². The van der Waals surface area contributed by atoms with Crippen LogP contribution in [0.2, 0.25) is 0 Å². The fourth-order valence-electron chi connectivity index (χ4n) is 3.67. The molecule has 28 heavy (non-hydrogen) atoms. The molecule has 0 aliphatic carbocycles. The summed E-state index contributed by atoms with van der Waals surface area (Å²) in [5, 5.41) is 0. The molecule has 1 aromatic carbocycles. The lowest BCUT2D eigenvalue weighted by atomic mass is 10.1. The number of amides is 1. The maximum absolute atomic E-state index is 13.3. The van der Waals surface area contributed by atoms with Crippen molar-refractivity contribution < 1.29 is 4.79 Å². The Bertz CT molecular complexity index is 956. The first kappa shape index (κ1) is 18.4. The highest BCUT2D eigenvalue weighted by atomic mass is 16.2. The number of carbonyl (C=O) groups is 1. The molecule has 0 unspecified atom stereocenters. The highest BCUT2D eigenvalue weighted by Crippen LogP contribution is 2.24. The Morgan fingerprint density at radius 2 is 1.71 bits per heavy atom. The third-order valence-electron chi connectivity index (χ3n) is 5.52. The lowest BCUT2D eigenvalue weighted by molar-refractivity contribution is 0.0654. The zero-order valence-electron chi connectivity index (χ0n) is 16.5. The van der Waals surface area contributed by atoms with Gasteiger partial charge in [0.15, 0.2) is 0 Å². The zero-order chi connectivity index (χ0) is 19.5. The van der Waals surface area contributed by atoms with Gasteiger partial charge in [0.2, 0.25) is 0 Å². The lowest BCUT2D eigenvalue weighted by Crippen LogP contribution is -2.47. The molecule has 0 radical (unpaired) electrons. The number of carbonyl (C=O) groups excluding carboxylic acids is 1. The van der Waals surface area contributed by atoms with Gasteiger partial charge < -0.3 is 14.4 Å². The van der Waals surface area contributed by atoms with Crippen molar-refractivity contribution in [3.63, 3.8) is 0 Å². The molecule has 144 valence electrons. The zero-order valence-corrected chi connectivity index (χ0v) is 16.5. The molecule has 5 heteroatoms. The molecule has 1 saturated heterocycles. The first-order valence-electron chi connectivity index (χ1n) is 9.75. The highest BCUT2D eigenvalue weighted by molar-refractivity contribution is 5.94. The van der Waals surface area contributed by atoms with Gasteiger partial charge >= 0.3 is 0 Å². The van der Waals surface area contributed by atoms with Crippen LogP contribution in [0.3, 0.4) is 0 Å². The van der Waals surface area contributed by atoms with E-state index in [0.717, 1.165) is 43.0 Å². The SMILES string of the molecule is Cc1ccccc1Cn1cc(-c2ccncc2)cc1C(=O)N1CCN(C)CC1. The molecule has 0 spiro atoms.